The molecule has 0 aliphatic heterocycles. The van der Waals surface area contributed by atoms with Crippen molar-refractivity contribution in [1.29, 1.82) is 0 Å². The third-order valence-corrected chi connectivity index (χ3v) is 2.60. The van der Waals surface area contributed by atoms with Crippen LogP contribution in [-0.4, -0.2) is 27.8 Å². The number of nitro groups is 1. The zero-order chi connectivity index (χ0) is 15.5. The number of ether oxygens (including phenoxy) is 1. The summed E-state index contributed by atoms with van der Waals surface area (Å²) in [6, 6.07) is 2.53. The predicted molar refractivity (Wildman–Crippen MR) is 73.2 cm³/mol. The molecule has 0 aromatic carbocycles. The molecular weight excluding hydrogens is 332 g/mol. The molecule has 1 heterocycles. The summed E-state index contributed by atoms with van der Waals surface area (Å²) in [5.74, 6) is -2.31. The number of carbonyl (C=O) groups excluding carboxylic acids is 2. The van der Waals surface area contributed by atoms with Crippen LogP contribution in [0.2, 0.25) is 0 Å². The van der Waals surface area contributed by atoms with Crippen molar-refractivity contribution in [3.05, 3.63) is 32.5 Å². The molecule has 1 aromatic heterocycles. The fourth-order valence-corrected chi connectivity index (χ4v) is 1.75. The molecule has 0 aliphatic rings. The van der Waals surface area contributed by atoms with Gasteiger partial charge in [-0.05, 0) is 42.8 Å². The summed E-state index contributed by atoms with van der Waals surface area (Å²) < 4.78 is 5.36. The SMILES string of the molecule is CC(C)(C)OC(=O)C(C=O)c1nc(Br)ccc1[N+](=O)[O-]. The van der Waals surface area contributed by atoms with E-state index in [1.807, 2.05) is 0 Å². The quantitative estimate of drug-likeness (QED) is 0.207. The Labute approximate surface area is 123 Å². The molecule has 0 radical (unpaired) electrons. The minimum Gasteiger partial charge on any atom is -0.459 e. The predicted octanol–water partition coefficient (Wildman–Crippen LogP) is 2.38. The molecule has 0 N–H and O–H groups in total. The Balaban J connectivity index is 3.25. The lowest BCUT2D eigenvalue weighted by molar-refractivity contribution is -0.386. The van der Waals surface area contributed by atoms with Gasteiger partial charge in [0.15, 0.2) is 5.92 Å². The van der Waals surface area contributed by atoms with Gasteiger partial charge < -0.3 is 9.53 Å². The van der Waals surface area contributed by atoms with Crippen LogP contribution in [0.5, 0.6) is 0 Å². The van der Waals surface area contributed by atoms with Crippen LogP contribution in [0, 0.1) is 10.1 Å². The van der Waals surface area contributed by atoms with Crippen LogP contribution < -0.4 is 0 Å². The van der Waals surface area contributed by atoms with E-state index in [1.54, 1.807) is 20.8 Å². The normalized spacial score (nSPS) is 12.6. The van der Waals surface area contributed by atoms with Gasteiger partial charge in [-0.25, -0.2) is 4.98 Å². The largest absolute Gasteiger partial charge is 0.459 e. The Kier molecular flexibility index (Phi) is 4.93. The first-order valence-electron chi connectivity index (χ1n) is 5.64. The Hall–Kier alpha value is -1.83. The number of halogens is 1. The number of pyridine rings is 1. The zero-order valence-corrected chi connectivity index (χ0v) is 12.7. The second-order valence-corrected chi connectivity index (χ2v) is 5.76. The average molecular weight is 345 g/mol. The van der Waals surface area contributed by atoms with E-state index >= 15 is 0 Å². The van der Waals surface area contributed by atoms with Gasteiger partial charge in [-0.1, -0.05) is 0 Å². The molecule has 20 heavy (non-hydrogen) atoms. The smallest absolute Gasteiger partial charge is 0.323 e. The van der Waals surface area contributed by atoms with E-state index in [-0.39, 0.29) is 16.6 Å². The molecule has 0 aliphatic carbocycles. The van der Waals surface area contributed by atoms with E-state index in [0.29, 0.717) is 0 Å². The number of nitrogens with zero attached hydrogens (tertiary/aromatic N) is 2. The molecule has 0 amide bonds. The van der Waals surface area contributed by atoms with E-state index in [1.165, 1.54) is 12.1 Å². The molecule has 1 atom stereocenters. The first-order chi connectivity index (χ1) is 9.15. The summed E-state index contributed by atoms with van der Waals surface area (Å²) in [4.78, 5) is 37.2. The summed E-state index contributed by atoms with van der Waals surface area (Å²) >= 11 is 3.05. The summed E-state index contributed by atoms with van der Waals surface area (Å²) in [5, 5.41) is 10.9. The highest BCUT2D eigenvalue weighted by Crippen LogP contribution is 2.27. The summed E-state index contributed by atoms with van der Waals surface area (Å²) in [5.41, 5.74) is -1.45. The standard InChI is InChI=1S/C12H13BrN2O5/c1-12(2,3)20-11(17)7(6-16)10-8(15(18)19)4-5-9(13)14-10/h4-7H,1-3H3. The Morgan fingerprint density at radius 3 is 2.55 bits per heavy atom. The first-order valence-corrected chi connectivity index (χ1v) is 6.44. The van der Waals surface area contributed by atoms with E-state index < -0.39 is 28.1 Å². The molecule has 0 bridgehead atoms. The molecule has 0 saturated heterocycles. The van der Waals surface area contributed by atoms with Crippen molar-refractivity contribution in [2.75, 3.05) is 0 Å². The minimum atomic E-state index is -1.44. The van der Waals surface area contributed by atoms with Crippen LogP contribution in [0.15, 0.2) is 16.7 Å². The topological polar surface area (TPSA) is 99.4 Å². The number of aldehydes is 1. The number of aromatic nitrogens is 1. The minimum absolute atomic E-state index is 0.242. The molecule has 108 valence electrons. The van der Waals surface area contributed by atoms with Gasteiger partial charge in [0.05, 0.1) is 4.92 Å². The monoisotopic (exact) mass is 344 g/mol. The van der Waals surface area contributed by atoms with Gasteiger partial charge in [-0.15, -0.1) is 0 Å². The van der Waals surface area contributed by atoms with E-state index in [0.717, 1.165) is 0 Å². The van der Waals surface area contributed by atoms with Crippen LogP contribution in [0.25, 0.3) is 0 Å². The van der Waals surface area contributed by atoms with E-state index in [4.69, 9.17) is 4.74 Å². The van der Waals surface area contributed by atoms with Crippen LogP contribution >= 0.6 is 15.9 Å². The molecule has 0 saturated carbocycles. The highest BCUT2D eigenvalue weighted by atomic mass is 79.9. The lowest BCUT2D eigenvalue weighted by Gasteiger charge is -2.21. The van der Waals surface area contributed by atoms with Crippen LogP contribution in [0.4, 0.5) is 5.69 Å². The highest BCUT2D eigenvalue weighted by Gasteiger charge is 2.33. The highest BCUT2D eigenvalue weighted by molar-refractivity contribution is 9.10. The van der Waals surface area contributed by atoms with Crippen molar-refractivity contribution < 1.29 is 19.2 Å². The van der Waals surface area contributed by atoms with Crippen LogP contribution in [-0.2, 0) is 14.3 Å². The van der Waals surface area contributed by atoms with Crippen LogP contribution in [0.1, 0.15) is 32.4 Å². The fraction of sp³-hybridized carbons (Fsp3) is 0.417. The lowest BCUT2D eigenvalue weighted by Crippen LogP contribution is -2.29. The molecule has 1 aromatic rings. The van der Waals surface area contributed by atoms with Gasteiger partial charge in [0.2, 0.25) is 0 Å². The molecule has 1 rings (SSSR count). The molecular formula is C12H13BrN2O5. The fourth-order valence-electron chi connectivity index (χ4n) is 1.42. The zero-order valence-electron chi connectivity index (χ0n) is 11.1. The number of hydrogen-bond donors (Lipinski definition) is 0. The summed E-state index contributed by atoms with van der Waals surface area (Å²) in [7, 11) is 0. The maximum Gasteiger partial charge on any atom is 0.323 e. The molecule has 1 unspecified atom stereocenters. The second-order valence-electron chi connectivity index (χ2n) is 4.94. The van der Waals surface area contributed by atoms with Gasteiger partial charge >= 0.3 is 5.97 Å². The maximum atomic E-state index is 11.9. The van der Waals surface area contributed by atoms with Gasteiger partial charge in [0.1, 0.15) is 22.2 Å². The molecule has 0 spiro atoms. The van der Waals surface area contributed by atoms with Crippen molar-refractivity contribution in [3.8, 4) is 0 Å². The van der Waals surface area contributed by atoms with Crippen molar-refractivity contribution in [2.24, 2.45) is 0 Å². The van der Waals surface area contributed by atoms with Gasteiger partial charge in [0, 0.05) is 6.07 Å². The molecule has 7 nitrogen and oxygen atoms in total. The summed E-state index contributed by atoms with van der Waals surface area (Å²) in [6.45, 7) is 4.90. The van der Waals surface area contributed by atoms with Crippen molar-refractivity contribution >= 4 is 33.9 Å². The average Bonchev–Trinajstić information content (AvgIpc) is 2.27. The number of hydrogen-bond acceptors (Lipinski definition) is 6. The Morgan fingerprint density at radius 1 is 1.50 bits per heavy atom. The number of carbonyl (C=O) groups is 2. The number of esters is 1. The second kappa shape index (κ2) is 6.08. The van der Waals surface area contributed by atoms with E-state index in [9.17, 15) is 19.7 Å². The molecule has 0 fully saturated rings. The van der Waals surface area contributed by atoms with Crippen molar-refractivity contribution in [3.63, 3.8) is 0 Å². The van der Waals surface area contributed by atoms with E-state index in [2.05, 4.69) is 20.9 Å². The lowest BCUT2D eigenvalue weighted by atomic mass is 10.0. The van der Waals surface area contributed by atoms with Crippen molar-refractivity contribution in [2.45, 2.75) is 32.3 Å². The first kappa shape index (κ1) is 16.2. The maximum absolute atomic E-state index is 11.9. The Morgan fingerprint density at radius 2 is 2.10 bits per heavy atom. The molecule has 8 heteroatoms. The third kappa shape index (κ3) is 4.09. The third-order valence-electron chi connectivity index (χ3n) is 2.16. The van der Waals surface area contributed by atoms with Gasteiger partial charge in [-0.2, -0.15) is 0 Å². The number of rotatable bonds is 4. The van der Waals surface area contributed by atoms with Gasteiger partial charge in [-0.3, -0.25) is 14.9 Å². The van der Waals surface area contributed by atoms with Crippen LogP contribution in [0.3, 0.4) is 0 Å². The van der Waals surface area contributed by atoms with Crippen molar-refractivity contribution in [1.82, 2.24) is 4.98 Å². The summed E-state index contributed by atoms with van der Waals surface area (Å²) in [6.07, 6.45) is 0.288. The van der Waals surface area contributed by atoms with Gasteiger partial charge in [0.25, 0.3) is 5.69 Å². The Bertz CT molecular complexity index is 553.